The summed E-state index contributed by atoms with van der Waals surface area (Å²) in [6, 6.07) is 7.01. The summed E-state index contributed by atoms with van der Waals surface area (Å²) >= 11 is 0. The minimum absolute atomic E-state index is 0. The fourth-order valence-corrected chi connectivity index (χ4v) is 4.22. The maximum atomic E-state index is 13.8. The normalized spacial score (nSPS) is 20.9. The second-order valence-corrected chi connectivity index (χ2v) is 7.89. The van der Waals surface area contributed by atoms with Gasteiger partial charge in [0.05, 0.1) is 0 Å². The Bertz CT molecular complexity index is 622. The van der Waals surface area contributed by atoms with Gasteiger partial charge in [0.1, 0.15) is 5.82 Å². The third-order valence-corrected chi connectivity index (χ3v) is 6.50. The van der Waals surface area contributed by atoms with Crippen LogP contribution in [0, 0.1) is 11.2 Å². The number of nitrogens with zero attached hydrogens (tertiary/aromatic N) is 1. The standard InChI is InChI=1S/C21H32FN3O.HI/c1-3-20(8-5-9-20)15-24-19(23-2)25-16-21(10-12-26-13-11-21)17-6-4-7-18(22)14-17;/h4,6-7,14H,3,5,8-13,15-16H2,1-2H3,(H2,23,24,25);1H. The van der Waals surface area contributed by atoms with Gasteiger partial charge in [-0.2, -0.15) is 0 Å². The fourth-order valence-electron chi connectivity index (χ4n) is 4.22. The van der Waals surface area contributed by atoms with E-state index < -0.39 is 0 Å². The Morgan fingerprint density at radius 3 is 2.41 bits per heavy atom. The van der Waals surface area contributed by atoms with Crippen LogP contribution >= 0.6 is 24.0 Å². The molecule has 0 atom stereocenters. The number of hydrogen-bond donors (Lipinski definition) is 2. The lowest BCUT2D eigenvalue weighted by atomic mass is 9.67. The first kappa shape index (κ1) is 22.4. The zero-order valence-corrected chi connectivity index (χ0v) is 18.9. The van der Waals surface area contributed by atoms with Crippen LogP contribution in [0.2, 0.25) is 0 Å². The van der Waals surface area contributed by atoms with E-state index in [9.17, 15) is 4.39 Å². The average Bonchev–Trinajstić information content (AvgIpc) is 2.64. The van der Waals surface area contributed by atoms with E-state index in [1.165, 1.54) is 31.7 Å². The van der Waals surface area contributed by atoms with Gasteiger partial charge in [0.2, 0.25) is 0 Å². The molecule has 0 unspecified atom stereocenters. The quantitative estimate of drug-likeness (QED) is 0.357. The zero-order chi connectivity index (χ0) is 18.5. The van der Waals surface area contributed by atoms with Crippen LogP contribution in [0.1, 0.15) is 51.0 Å². The Labute approximate surface area is 179 Å². The summed E-state index contributed by atoms with van der Waals surface area (Å²) in [5, 5.41) is 7.02. The van der Waals surface area contributed by atoms with Gasteiger partial charge in [0, 0.05) is 38.8 Å². The van der Waals surface area contributed by atoms with Crippen LogP contribution in [0.3, 0.4) is 0 Å². The van der Waals surface area contributed by atoms with Crippen molar-refractivity contribution in [1.82, 2.24) is 10.6 Å². The molecule has 1 heterocycles. The molecular weight excluding hydrogens is 456 g/mol. The van der Waals surface area contributed by atoms with Gasteiger partial charge in [-0.1, -0.05) is 25.5 Å². The number of hydrogen-bond acceptors (Lipinski definition) is 2. The highest BCUT2D eigenvalue weighted by atomic mass is 127. The lowest BCUT2D eigenvalue weighted by molar-refractivity contribution is 0.0512. The molecule has 0 spiro atoms. The monoisotopic (exact) mass is 489 g/mol. The molecule has 0 amide bonds. The first-order chi connectivity index (χ1) is 12.6. The van der Waals surface area contributed by atoms with Crippen LogP contribution in [0.5, 0.6) is 0 Å². The fraction of sp³-hybridized carbons (Fsp3) is 0.667. The molecule has 1 aliphatic heterocycles. The van der Waals surface area contributed by atoms with Crippen LogP contribution in [0.15, 0.2) is 29.3 Å². The van der Waals surface area contributed by atoms with Crippen molar-refractivity contribution in [3.05, 3.63) is 35.6 Å². The Kier molecular flexibility index (Phi) is 8.34. The minimum atomic E-state index is -0.175. The van der Waals surface area contributed by atoms with E-state index in [1.807, 2.05) is 13.1 Å². The highest BCUT2D eigenvalue weighted by Gasteiger charge is 2.36. The predicted octanol–water partition coefficient (Wildman–Crippen LogP) is 4.24. The molecule has 2 fully saturated rings. The predicted molar refractivity (Wildman–Crippen MR) is 119 cm³/mol. The number of benzene rings is 1. The summed E-state index contributed by atoms with van der Waals surface area (Å²) in [5.41, 5.74) is 1.38. The second kappa shape index (κ2) is 10.0. The number of nitrogens with one attached hydrogen (secondary N) is 2. The Balaban J connectivity index is 0.00000261. The molecule has 2 N–H and O–H groups in total. The molecule has 27 heavy (non-hydrogen) atoms. The lowest BCUT2D eigenvalue weighted by Gasteiger charge is -2.42. The summed E-state index contributed by atoms with van der Waals surface area (Å²) < 4.78 is 19.4. The van der Waals surface area contributed by atoms with E-state index >= 15 is 0 Å². The summed E-state index contributed by atoms with van der Waals surface area (Å²) in [4.78, 5) is 4.40. The highest BCUT2D eigenvalue weighted by Crippen LogP contribution is 2.43. The largest absolute Gasteiger partial charge is 0.381 e. The van der Waals surface area contributed by atoms with Gasteiger partial charge < -0.3 is 15.4 Å². The molecule has 1 saturated heterocycles. The third kappa shape index (κ3) is 5.34. The number of aliphatic imine (C=N–C) groups is 1. The molecule has 152 valence electrons. The van der Waals surface area contributed by atoms with Gasteiger partial charge in [0.15, 0.2) is 5.96 Å². The summed E-state index contributed by atoms with van der Waals surface area (Å²) in [5.74, 6) is 0.665. The van der Waals surface area contributed by atoms with Gasteiger partial charge in [-0.15, -0.1) is 24.0 Å². The highest BCUT2D eigenvalue weighted by molar-refractivity contribution is 14.0. The van der Waals surface area contributed by atoms with E-state index in [0.717, 1.165) is 37.5 Å². The van der Waals surface area contributed by atoms with Crippen LogP contribution in [0.25, 0.3) is 0 Å². The molecule has 1 aromatic carbocycles. The zero-order valence-electron chi connectivity index (χ0n) is 16.5. The minimum Gasteiger partial charge on any atom is -0.381 e. The molecule has 1 aliphatic carbocycles. The molecular formula is C21H33FIN3O. The Morgan fingerprint density at radius 2 is 1.85 bits per heavy atom. The molecule has 0 aromatic heterocycles. The van der Waals surface area contributed by atoms with Crippen molar-refractivity contribution in [3.63, 3.8) is 0 Å². The smallest absolute Gasteiger partial charge is 0.191 e. The van der Waals surface area contributed by atoms with Crippen molar-refractivity contribution in [2.24, 2.45) is 10.4 Å². The Morgan fingerprint density at radius 1 is 1.15 bits per heavy atom. The maximum absolute atomic E-state index is 13.8. The SMILES string of the molecule is CCC1(CNC(=NC)NCC2(c3cccc(F)c3)CCOCC2)CCC1.I. The van der Waals surface area contributed by atoms with Crippen molar-refractivity contribution in [2.45, 2.75) is 50.9 Å². The van der Waals surface area contributed by atoms with Crippen molar-refractivity contribution in [1.29, 1.82) is 0 Å². The summed E-state index contributed by atoms with van der Waals surface area (Å²) in [7, 11) is 1.81. The second-order valence-electron chi connectivity index (χ2n) is 7.89. The number of rotatable bonds is 6. The van der Waals surface area contributed by atoms with E-state index in [4.69, 9.17) is 4.74 Å². The van der Waals surface area contributed by atoms with Crippen molar-refractivity contribution >= 4 is 29.9 Å². The van der Waals surface area contributed by atoms with Gasteiger partial charge in [-0.3, -0.25) is 4.99 Å². The van der Waals surface area contributed by atoms with E-state index in [1.54, 1.807) is 12.1 Å². The van der Waals surface area contributed by atoms with E-state index in [0.29, 0.717) is 18.6 Å². The number of halogens is 2. The molecule has 0 radical (unpaired) electrons. The topological polar surface area (TPSA) is 45.7 Å². The molecule has 6 heteroatoms. The first-order valence-electron chi connectivity index (χ1n) is 9.90. The number of ether oxygens (including phenoxy) is 1. The van der Waals surface area contributed by atoms with Gasteiger partial charge >= 0.3 is 0 Å². The van der Waals surface area contributed by atoms with Crippen LogP contribution in [-0.4, -0.2) is 39.3 Å². The third-order valence-electron chi connectivity index (χ3n) is 6.50. The van der Waals surface area contributed by atoms with Crippen LogP contribution in [0.4, 0.5) is 4.39 Å². The summed E-state index contributed by atoms with van der Waals surface area (Å²) in [6.45, 7) is 5.40. The molecule has 0 bridgehead atoms. The number of guanidine groups is 1. The van der Waals surface area contributed by atoms with Crippen molar-refractivity contribution < 1.29 is 9.13 Å². The van der Waals surface area contributed by atoms with Gasteiger partial charge in [0.25, 0.3) is 0 Å². The Hall–Kier alpha value is -0.890. The maximum Gasteiger partial charge on any atom is 0.191 e. The average molecular weight is 489 g/mol. The van der Waals surface area contributed by atoms with Crippen LogP contribution in [-0.2, 0) is 10.2 Å². The summed E-state index contributed by atoms with van der Waals surface area (Å²) in [6.07, 6.45) is 6.93. The molecule has 1 aromatic rings. The van der Waals surface area contributed by atoms with Gasteiger partial charge in [-0.25, -0.2) is 4.39 Å². The van der Waals surface area contributed by atoms with Crippen molar-refractivity contribution in [2.75, 3.05) is 33.4 Å². The van der Waals surface area contributed by atoms with E-state index in [2.05, 4.69) is 22.5 Å². The van der Waals surface area contributed by atoms with E-state index in [-0.39, 0.29) is 35.2 Å². The first-order valence-corrected chi connectivity index (χ1v) is 9.90. The van der Waals surface area contributed by atoms with Crippen LogP contribution < -0.4 is 10.6 Å². The molecule has 4 nitrogen and oxygen atoms in total. The molecule has 3 rings (SSSR count). The lowest BCUT2D eigenvalue weighted by Crippen LogP contribution is -2.50. The molecule has 1 saturated carbocycles. The van der Waals surface area contributed by atoms with Gasteiger partial charge in [-0.05, 0) is 55.2 Å². The van der Waals surface area contributed by atoms with Crippen molar-refractivity contribution in [3.8, 4) is 0 Å². The molecule has 2 aliphatic rings.